The second kappa shape index (κ2) is 6.99. The molecule has 8 heteroatoms. The first-order chi connectivity index (χ1) is 14.4. The Labute approximate surface area is 174 Å². The SMILES string of the molecule is NCC1CC(NCc2ccc3c(c2)C(=O)N(C2CCC(=O)NC2=O)C3=O)C12CCC2. The van der Waals surface area contributed by atoms with E-state index in [2.05, 4.69) is 10.6 Å². The lowest BCUT2D eigenvalue weighted by Gasteiger charge is -2.62. The zero-order valence-electron chi connectivity index (χ0n) is 16.8. The number of hydrogen-bond donors (Lipinski definition) is 3. The van der Waals surface area contributed by atoms with Crippen molar-refractivity contribution in [3.8, 4) is 0 Å². The summed E-state index contributed by atoms with van der Waals surface area (Å²) in [5.74, 6) is -1.30. The molecule has 2 aliphatic carbocycles. The lowest BCUT2D eigenvalue weighted by molar-refractivity contribution is -0.136. The molecule has 1 saturated heterocycles. The molecule has 3 fully saturated rings. The summed E-state index contributed by atoms with van der Waals surface area (Å²) >= 11 is 0. The molecule has 4 aliphatic rings. The van der Waals surface area contributed by atoms with Crippen LogP contribution in [0.3, 0.4) is 0 Å². The van der Waals surface area contributed by atoms with E-state index in [1.807, 2.05) is 6.07 Å². The Morgan fingerprint density at radius 1 is 1.13 bits per heavy atom. The van der Waals surface area contributed by atoms with Crippen molar-refractivity contribution in [1.82, 2.24) is 15.5 Å². The van der Waals surface area contributed by atoms with Crippen molar-refractivity contribution < 1.29 is 19.2 Å². The van der Waals surface area contributed by atoms with Crippen molar-refractivity contribution in [2.75, 3.05) is 6.54 Å². The second-order valence-corrected chi connectivity index (χ2v) is 9.02. The number of imide groups is 2. The third-order valence-electron chi connectivity index (χ3n) is 7.65. The molecule has 0 bridgehead atoms. The van der Waals surface area contributed by atoms with Gasteiger partial charge in [-0.15, -0.1) is 0 Å². The van der Waals surface area contributed by atoms with E-state index in [9.17, 15) is 19.2 Å². The Bertz CT molecular complexity index is 954. The van der Waals surface area contributed by atoms with Crippen molar-refractivity contribution in [3.05, 3.63) is 34.9 Å². The summed E-state index contributed by atoms with van der Waals surface area (Å²) in [4.78, 5) is 50.3. The monoisotopic (exact) mass is 410 g/mol. The van der Waals surface area contributed by atoms with E-state index >= 15 is 0 Å². The van der Waals surface area contributed by atoms with E-state index in [0.717, 1.165) is 23.4 Å². The van der Waals surface area contributed by atoms with Crippen LogP contribution in [0.5, 0.6) is 0 Å². The maximum absolute atomic E-state index is 12.9. The largest absolute Gasteiger partial charge is 0.330 e. The van der Waals surface area contributed by atoms with Gasteiger partial charge in [0, 0.05) is 19.0 Å². The standard InChI is InChI=1S/C22H26N4O4/c23-10-13-9-17(22(13)6-1-7-22)24-11-12-2-3-14-15(8-12)21(30)26(20(14)29)16-4-5-18(27)25-19(16)28/h2-3,8,13,16-17,24H,1,4-7,9-11,23H2,(H,25,27,28). The molecule has 1 spiro atoms. The lowest BCUT2D eigenvalue weighted by atomic mass is 9.47. The quantitative estimate of drug-likeness (QED) is 0.614. The summed E-state index contributed by atoms with van der Waals surface area (Å²) < 4.78 is 0. The third kappa shape index (κ3) is 2.74. The highest BCUT2D eigenvalue weighted by atomic mass is 16.2. The summed E-state index contributed by atoms with van der Waals surface area (Å²) in [5.41, 5.74) is 7.85. The molecule has 1 aromatic rings. The molecule has 0 aromatic heterocycles. The number of amides is 4. The zero-order valence-corrected chi connectivity index (χ0v) is 16.8. The second-order valence-electron chi connectivity index (χ2n) is 9.02. The molecule has 2 saturated carbocycles. The molecule has 3 atom stereocenters. The topological polar surface area (TPSA) is 122 Å². The predicted octanol–water partition coefficient (Wildman–Crippen LogP) is 0.695. The molecule has 30 heavy (non-hydrogen) atoms. The Morgan fingerprint density at radius 2 is 1.90 bits per heavy atom. The lowest BCUT2D eigenvalue weighted by Crippen LogP contribution is -2.64. The summed E-state index contributed by atoms with van der Waals surface area (Å²) in [7, 11) is 0. The van der Waals surface area contributed by atoms with Gasteiger partial charge >= 0.3 is 0 Å². The number of piperidine rings is 1. The van der Waals surface area contributed by atoms with Crippen LogP contribution in [0.2, 0.25) is 0 Å². The van der Waals surface area contributed by atoms with Crippen molar-refractivity contribution in [2.45, 2.75) is 57.2 Å². The minimum Gasteiger partial charge on any atom is -0.330 e. The van der Waals surface area contributed by atoms with Gasteiger partial charge in [0.2, 0.25) is 11.8 Å². The minimum atomic E-state index is -0.932. The Morgan fingerprint density at radius 3 is 2.57 bits per heavy atom. The smallest absolute Gasteiger partial charge is 0.262 e. The average molecular weight is 410 g/mol. The molecule has 3 unspecified atom stereocenters. The highest BCUT2D eigenvalue weighted by molar-refractivity contribution is 6.23. The number of nitrogens with one attached hydrogen (secondary N) is 2. The van der Waals surface area contributed by atoms with E-state index in [4.69, 9.17) is 5.73 Å². The van der Waals surface area contributed by atoms with Gasteiger partial charge in [-0.2, -0.15) is 0 Å². The van der Waals surface area contributed by atoms with Gasteiger partial charge in [-0.05, 0) is 61.3 Å². The maximum atomic E-state index is 12.9. The van der Waals surface area contributed by atoms with Gasteiger partial charge in [0.1, 0.15) is 6.04 Å². The fourth-order valence-electron chi connectivity index (χ4n) is 5.71. The first kappa shape index (κ1) is 19.4. The van der Waals surface area contributed by atoms with Crippen LogP contribution in [0, 0.1) is 11.3 Å². The van der Waals surface area contributed by atoms with Crippen LogP contribution in [0.25, 0.3) is 0 Å². The number of carbonyl (C=O) groups is 4. The molecular formula is C22H26N4O4. The molecule has 4 amide bonds. The normalized spacial score (nSPS) is 29.5. The number of nitrogens with two attached hydrogens (primary N) is 1. The van der Waals surface area contributed by atoms with Crippen LogP contribution in [-0.4, -0.2) is 47.2 Å². The molecule has 2 heterocycles. The van der Waals surface area contributed by atoms with Gasteiger partial charge in [-0.25, -0.2) is 0 Å². The van der Waals surface area contributed by atoms with Crippen LogP contribution in [0.15, 0.2) is 18.2 Å². The first-order valence-corrected chi connectivity index (χ1v) is 10.7. The number of carbonyl (C=O) groups excluding carboxylic acids is 4. The third-order valence-corrected chi connectivity index (χ3v) is 7.65. The van der Waals surface area contributed by atoms with Crippen molar-refractivity contribution in [1.29, 1.82) is 0 Å². The van der Waals surface area contributed by atoms with Crippen LogP contribution in [-0.2, 0) is 16.1 Å². The number of rotatable bonds is 5. The minimum absolute atomic E-state index is 0.117. The first-order valence-electron chi connectivity index (χ1n) is 10.7. The molecule has 5 rings (SSSR count). The summed E-state index contributed by atoms with van der Waals surface area (Å²) in [5, 5.41) is 5.84. The highest BCUT2D eigenvalue weighted by Gasteiger charge is 2.56. The Kier molecular flexibility index (Phi) is 4.52. The number of benzene rings is 1. The van der Waals surface area contributed by atoms with Crippen LogP contribution in [0.4, 0.5) is 0 Å². The maximum Gasteiger partial charge on any atom is 0.262 e. The molecule has 2 aliphatic heterocycles. The fourth-order valence-corrected chi connectivity index (χ4v) is 5.71. The number of hydrogen-bond acceptors (Lipinski definition) is 6. The van der Waals surface area contributed by atoms with E-state index in [0.29, 0.717) is 35.0 Å². The van der Waals surface area contributed by atoms with Gasteiger partial charge in [-0.3, -0.25) is 29.4 Å². The van der Waals surface area contributed by atoms with Gasteiger partial charge in [0.25, 0.3) is 11.8 Å². The van der Waals surface area contributed by atoms with Gasteiger partial charge in [0.05, 0.1) is 11.1 Å². The van der Waals surface area contributed by atoms with Crippen molar-refractivity contribution in [3.63, 3.8) is 0 Å². The number of fused-ring (bicyclic) bond motifs is 1. The van der Waals surface area contributed by atoms with E-state index in [-0.39, 0.29) is 18.7 Å². The molecular weight excluding hydrogens is 384 g/mol. The summed E-state index contributed by atoms with van der Waals surface area (Å²) in [6, 6.07) is 4.79. The zero-order chi connectivity index (χ0) is 21.0. The molecule has 8 nitrogen and oxygen atoms in total. The predicted molar refractivity (Wildman–Crippen MR) is 107 cm³/mol. The van der Waals surface area contributed by atoms with E-state index in [1.54, 1.807) is 12.1 Å². The van der Waals surface area contributed by atoms with Gasteiger partial charge in [0.15, 0.2) is 0 Å². The average Bonchev–Trinajstić information content (AvgIpc) is 2.91. The highest BCUT2D eigenvalue weighted by Crippen LogP contribution is 2.59. The van der Waals surface area contributed by atoms with Crippen LogP contribution >= 0.6 is 0 Å². The summed E-state index contributed by atoms with van der Waals surface area (Å²) in [6.45, 7) is 1.36. The van der Waals surface area contributed by atoms with Crippen LogP contribution in [0.1, 0.15) is 64.8 Å². The van der Waals surface area contributed by atoms with Crippen LogP contribution < -0.4 is 16.4 Å². The molecule has 4 N–H and O–H groups in total. The van der Waals surface area contributed by atoms with Crippen molar-refractivity contribution in [2.24, 2.45) is 17.1 Å². The molecule has 158 valence electrons. The fraction of sp³-hybridized carbons (Fsp3) is 0.545. The van der Waals surface area contributed by atoms with Crippen molar-refractivity contribution >= 4 is 23.6 Å². The summed E-state index contributed by atoms with van der Waals surface area (Å²) in [6.07, 6.45) is 5.08. The Hall–Kier alpha value is -2.58. The van der Waals surface area contributed by atoms with E-state index < -0.39 is 23.8 Å². The molecule has 0 radical (unpaired) electrons. The van der Waals surface area contributed by atoms with E-state index in [1.165, 1.54) is 19.3 Å². The van der Waals surface area contributed by atoms with Gasteiger partial charge in [-0.1, -0.05) is 12.5 Å². The number of nitrogens with zero attached hydrogens (tertiary/aromatic N) is 1. The van der Waals surface area contributed by atoms with Gasteiger partial charge < -0.3 is 11.1 Å². The molecule has 1 aromatic carbocycles. The Balaban J connectivity index is 1.29.